The molecule has 3 heterocycles. The van der Waals surface area contributed by atoms with Gasteiger partial charge in [0.05, 0.1) is 12.4 Å². The largest absolute Gasteiger partial charge is 0.486 e. The zero-order valence-electron chi connectivity index (χ0n) is 18.5. The van der Waals surface area contributed by atoms with Crippen LogP contribution in [0.4, 0.5) is 10.7 Å². The number of nitrogens with zero attached hydrogens (tertiary/aromatic N) is 5. The van der Waals surface area contributed by atoms with Gasteiger partial charge < -0.3 is 19.3 Å². The van der Waals surface area contributed by atoms with Gasteiger partial charge in [-0.1, -0.05) is 30.3 Å². The first-order chi connectivity index (χ1) is 14.9. The summed E-state index contributed by atoms with van der Waals surface area (Å²) in [5.41, 5.74) is 0.625. The van der Waals surface area contributed by atoms with Crippen LogP contribution in [-0.2, 0) is 11.3 Å². The van der Waals surface area contributed by atoms with Crippen LogP contribution in [0.2, 0.25) is 0 Å². The van der Waals surface area contributed by atoms with Crippen molar-refractivity contribution in [1.82, 2.24) is 19.8 Å². The predicted molar refractivity (Wildman–Crippen MR) is 118 cm³/mol. The summed E-state index contributed by atoms with van der Waals surface area (Å²) < 4.78 is 11.3. The summed E-state index contributed by atoms with van der Waals surface area (Å²) in [6, 6.07) is 10.3. The molecule has 0 spiro atoms. The van der Waals surface area contributed by atoms with E-state index in [0.717, 1.165) is 31.7 Å². The Labute approximate surface area is 183 Å². The first kappa shape index (κ1) is 21.4. The number of carbonyl (C=O) groups is 1. The number of ether oxygens (including phenoxy) is 2. The molecule has 166 valence electrons. The van der Waals surface area contributed by atoms with Gasteiger partial charge in [-0.15, -0.1) is 0 Å². The summed E-state index contributed by atoms with van der Waals surface area (Å²) in [4.78, 5) is 28.0. The second kappa shape index (κ2) is 9.09. The zero-order chi connectivity index (χ0) is 21.8. The van der Waals surface area contributed by atoms with E-state index < -0.39 is 5.60 Å². The van der Waals surface area contributed by atoms with Crippen LogP contribution in [0.3, 0.4) is 0 Å². The quantitative estimate of drug-likeness (QED) is 0.746. The van der Waals surface area contributed by atoms with Gasteiger partial charge in [0.15, 0.2) is 5.75 Å². The molecule has 2 fully saturated rings. The minimum absolute atomic E-state index is 0.236. The first-order valence-corrected chi connectivity index (χ1v) is 10.8. The van der Waals surface area contributed by atoms with Gasteiger partial charge >= 0.3 is 6.09 Å². The van der Waals surface area contributed by atoms with Gasteiger partial charge in [-0.2, -0.15) is 0 Å². The standard InChI is InChI=1S/C23H31N5O3/c1-23(2,3)31-22(29)28-12-10-26-9-11-27(15-19(26)16-28)21-24-13-20(14-25-21)30-17-18-7-5-4-6-8-18/h4-8,13-14,19H,9-12,15-17H2,1-3H3. The summed E-state index contributed by atoms with van der Waals surface area (Å²) in [6.07, 6.45) is 3.22. The van der Waals surface area contributed by atoms with E-state index in [1.807, 2.05) is 56.0 Å². The molecule has 1 aromatic heterocycles. The van der Waals surface area contributed by atoms with Crippen molar-refractivity contribution < 1.29 is 14.3 Å². The third-order valence-corrected chi connectivity index (χ3v) is 5.49. The highest BCUT2D eigenvalue weighted by molar-refractivity contribution is 5.68. The molecule has 0 bridgehead atoms. The lowest BCUT2D eigenvalue weighted by Crippen LogP contribution is -2.63. The highest BCUT2D eigenvalue weighted by Gasteiger charge is 2.35. The van der Waals surface area contributed by atoms with Crippen LogP contribution in [0, 0.1) is 0 Å². The molecule has 1 atom stereocenters. The van der Waals surface area contributed by atoms with Crippen molar-refractivity contribution >= 4 is 12.0 Å². The fraction of sp³-hybridized carbons (Fsp3) is 0.522. The van der Waals surface area contributed by atoms with Crippen molar-refractivity contribution in [2.75, 3.05) is 44.2 Å². The summed E-state index contributed by atoms with van der Waals surface area (Å²) >= 11 is 0. The van der Waals surface area contributed by atoms with E-state index in [0.29, 0.717) is 31.4 Å². The molecule has 8 heteroatoms. The Hall–Kier alpha value is -2.87. The van der Waals surface area contributed by atoms with E-state index in [4.69, 9.17) is 9.47 Å². The molecule has 8 nitrogen and oxygen atoms in total. The van der Waals surface area contributed by atoms with Crippen LogP contribution < -0.4 is 9.64 Å². The van der Waals surface area contributed by atoms with Gasteiger partial charge in [0.25, 0.3) is 0 Å². The number of fused-ring (bicyclic) bond motifs is 1. The molecule has 1 unspecified atom stereocenters. The minimum Gasteiger partial charge on any atom is -0.486 e. The van der Waals surface area contributed by atoms with Crippen LogP contribution in [0.25, 0.3) is 0 Å². The average molecular weight is 426 g/mol. The number of anilines is 1. The lowest BCUT2D eigenvalue weighted by molar-refractivity contribution is 0.00210. The zero-order valence-corrected chi connectivity index (χ0v) is 18.5. The van der Waals surface area contributed by atoms with Crippen LogP contribution in [0.5, 0.6) is 5.75 Å². The van der Waals surface area contributed by atoms with Gasteiger partial charge in [-0.05, 0) is 26.3 Å². The van der Waals surface area contributed by atoms with Crippen molar-refractivity contribution in [2.24, 2.45) is 0 Å². The number of benzene rings is 1. The van der Waals surface area contributed by atoms with E-state index in [2.05, 4.69) is 19.8 Å². The van der Waals surface area contributed by atoms with Gasteiger partial charge in [-0.3, -0.25) is 4.90 Å². The maximum Gasteiger partial charge on any atom is 0.410 e. The number of hydrogen-bond acceptors (Lipinski definition) is 7. The smallest absolute Gasteiger partial charge is 0.410 e. The molecule has 2 aliphatic rings. The third-order valence-electron chi connectivity index (χ3n) is 5.49. The lowest BCUT2D eigenvalue weighted by atomic mass is 10.1. The Morgan fingerprint density at radius 3 is 2.45 bits per heavy atom. The monoisotopic (exact) mass is 425 g/mol. The fourth-order valence-corrected chi connectivity index (χ4v) is 3.92. The van der Waals surface area contributed by atoms with E-state index in [1.54, 1.807) is 12.4 Å². The third kappa shape index (κ3) is 5.64. The second-order valence-electron chi connectivity index (χ2n) is 9.06. The van der Waals surface area contributed by atoms with Crippen LogP contribution in [0.1, 0.15) is 26.3 Å². The highest BCUT2D eigenvalue weighted by atomic mass is 16.6. The number of hydrogen-bond donors (Lipinski definition) is 0. The molecule has 2 aliphatic heterocycles. The molecule has 2 aromatic rings. The van der Waals surface area contributed by atoms with Crippen molar-refractivity contribution in [3.05, 3.63) is 48.3 Å². The van der Waals surface area contributed by atoms with Crippen LogP contribution in [-0.4, -0.2) is 76.8 Å². The Kier molecular flexibility index (Phi) is 6.27. The SMILES string of the molecule is CC(C)(C)OC(=O)N1CCN2CCN(c3ncc(OCc4ccccc4)cn3)CC2C1. The van der Waals surface area contributed by atoms with E-state index in [-0.39, 0.29) is 12.1 Å². The molecular formula is C23H31N5O3. The Morgan fingerprint density at radius 1 is 1.03 bits per heavy atom. The molecule has 1 aromatic carbocycles. The summed E-state index contributed by atoms with van der Waals surface area (Å²) in [5, 5.41) is 0. The minimum atomic E-state index is -0.481. The molecule has 0 aliphatic carbocycles. The van der Waals surface area contributed by atoms with Crippen LogP contribution in [0.15, 0.2) is 42.7 Å². The molecule has 2 saturated heterocycles. The summed E-state index contributed by atoms with van der Waals surface area (Å²) in [7, 11) is 0. The normalized spacial score (nSPS) is 19.6. The average Bonchev–Trinajstić information content (AvgIpc) is 2.77. The molecular weight excluding hydrogens is 394 g/mol. The van der Waals surface area contributed by atoms with Crippen molar-refractivity contribution in [1.29, 1.82) is 0 Å². The molecule has 0 N–H and O–H groups in total. The van der Waals surface area contributed by atoms with E-state index >= 15 is 0 Å². The molecule has 0 saturated carbocycles. The van der Waals surface area contributed by atoms with Crippen molar-refractivity contribution in [2.45, 2.75) is 39.0 Å². The Balaban J connectivity index is 1.33. The van der Waals surface area contributed by atoms with E-state index in [9.17, 15) is 4.79 Å². The van der Waals surface area contributed by atoms with E-state index in [1.165, 1.54) is 0 Å². The molecule has 4 rings (SSSR count). The number of rotatable bonds is 4. The first-order valence-electron chi connectivity index (χ1n) is 10.8. The van der Waals surface area contributed by atoms with Gasteiger partial charge in [0.1, 0.15) is 12.2 Å². The molecule has 0 radical (unpaired) electrons. The van der Waals surface area contributed by atoms with Gasteiger partial charge in [0.2, 0.25) is 5.95 Å². The lowest BCUT2D eigenvalue weighted by Gasteiger charge is -2.47. The second-order valence-corrected chi connectivity index (χ2v) is 9.06. The number of amides is 1. The number of carbonyl (C=O) groups excluding carboxylic acids is 1. The molecule has 31 heavy (non-hydrogen) atoms. The van der Waals surface area contributed by atoms with Gasteiger partial charge in [-0.25, -0.2) is 14.8 Å². The number of aromatic nitrogens is 2. The van der Waals surface area contributed by atoms with Crippen LogP contribution >= 0.6 is 0 Å². The Morgan fingerprint density at radius 2 is 1.74 bits per heavy atom. The molecule has 1 amide bonds. The number of piperazine rings is 2. The predicted octanol–water partition coefficient (Wildman–Crippen LogP) is 2.80. The summed E-state index contributed by atoms with van der Waals surface area (Å²) in [5.74, 6) is 1.35. The van der Waals surface area contributed by atoms with Crippen molar-refractivity contribution in [3.8, 4) is 5.75 Å². The topological polar surface area (TPSA) is 71.0 Å². The van der Waals surface area contributed by atoms with Crippen molar-refractivity contribution in [3.63, 3.8) is 0 Å². The van der Waals surface area contributed by atoms with Gasteiger partial charge in [0, 0.05) is 45.3 Å². The maximum atomic E-state index is 12.5. The Bertz CT molecular complexity index is 869. The summed E-state index contributed by atoms with van der Waals surface area (Å²) in [6.45, 7) is 11.0. The fourth-order valence-electron chi connectivity index (χ4n) is 3.92. The highest BCUT2D eigenvalue weighted by Crippen LogP contribution is 2.21. The maximum absolute atomic E-state index is 12.5.